The van der Waals surface area contributed by atoms with E-state index in [1.165, 1.54) is 12.0 Å². The maximum atomic E-state index is 12.7. The Morgan fingerprint density at radius 3 is 2.52 bits per heavy atom. The van der Waals surface area contributed by atoms with Crippen LogP contribution in [0.3, 0.4) is 0 Å². The van der Waals surface area contributed by atoms with Crippen LogP contribution in [0.4, 0.5) is 0 Å². The molecule has 1 N–H and O–H groups in total. The maximum absolute atomic E-state index is 12.7. The molecule has 1 saturated carbocycles. The number of carboxylic acids is 1. The summed E-state index contributed by atoms with van der Waals surface area (Å²) < 4.78 is 9.93. The van der Waals surface area contributed by atoms with Crippen LogP contribution >= 0.6 is 0 Å². The highest BCUT2D eigenvalue weighted by atomic mass is 16.5. The Morgan fingerprint density at radius 2 is 1.90 bits per heavy atom. The number of esters is 1. The third-order valence-corrected chi connectivity index (χ3v) is 4.32. The summed E-state index contributed by atoms with van der Waals surface area (Å²) in [6, 6.07) is -0.776. The van der Waals surface area contributed by atoms with Crippen molar-refractivity contribution in [2.45, 2.75) is 25.8 Å². The number of carbonyl (C=O) groups is 3. The highest BCUT2D eigenvalue weighted by Gasteiger charge is 2.45. The lowest BCUT2D eigenvalue weighted by atomic mass is 9.94. The highest BCUT2D eigenvalue weighted by Crippen LogP contribution is 2.38. The van der Waals surface area contributed by atoms with Crippen LogP contribution < -0.4 is 0 Å². The first-order valence-electron chi connectivity index (χ1n) is 7.14. The van der Waals surface area contributed by atoms with Crippen LogP contribution in [0, 0.1) is 17.8 Å². The Bertz CT molecular complexity index is 437. The van der Waals surface area contributed by atoms with Gasteiger partial charge in [-0.05, 0) is 18.8 Å². The number of ether oxygens (including phenoxy) is 2. The van der Waals surface area contributed by atoms with Crippen molar-refractivity contribution in [2.24, 2.45) is 17.8 Å². The minimum absolute atomic E-state index is 0.0957. The zero-order valence-electron chi connectivity index (χ0n) is 12.3. The van der Waals surface area contributed by atoms with Gasteiger partial charge in [-0.15, -0.1) is 0 Å². The molecule has 0 aromatic heterocycles. The number of carbonyl (C=O) groups excluding carboxylic acids is 2. The van der Waals surface area contributed by atoms with E-state index in [9.17, 15) is 19.5 Å². The molecule has 2 fully saturated rings. The number of morpholine rings is 1. The van der Waals surface area contributed by atoms with E-state index in [1.807, 2.05) is 6.92 Å². The van der Waals surface area contributed by atoms with Crippen molar-refractivity contribution in [1.29, 1.82) is 0 Å². The number of amides is 1. The summed E-state index contributed by atoms with van der Waals surface area (Å²) >= 11 is 0. The van der Waals surface area contributed by atoms with E-state index in [0.29, 0.717) is 19.4 Å². The third kappa shape index (κ3) is 3.18. The van der Waals surface area contributed by atoms with E-state index in [4.69, 9.17) is 9.47 Å². The summed E-state index contributed by atoms with van der Waals surface area (Å²) in [5, 5.41) is 9.28. The molecule has 1 amide bonds. The Kier molecular flexibility index (Phi) is 4.82. The number of carboxylic acid groups (broad SMARTS) is 1. The van der Waals surface area contributed by atoms with Gasteiger partial charge in [0.05, 0.1) is 32.2 Å². The summed E-state index contributed by atoms with van der Waals surface area (Å²) in [7, 11) is 1.26. The fourth-order valence-electron chi connectivity index (χ4n) is 3.25. The Morgan fingerprint density at radius 1 is 1.24 bits per heavy atom. The monoisotopic (exact) mass is 299 g/mol. The standard InChI is InChI=1S/C14H21NO6/c1-8-5-9(10(6-8)13(17)18)12(16)15-3-4-21-7-11(15)14(19)20-2/h8-11H,3-7H2,1-2H3,(H,17,18). The van der Waals surface area contributed by atoms with E-state index < -0.39 is 29.8 Å². The summed E-state index contributed by atoms with van der Waals surface area (Å²) in [6.45, 7) is 2.67. The lowest BCUT2D eigenvalue weighted by Crippen LogP contribution is -2.55. The number of methoxy groups -OCH3 is 1. The van der Waals surface area contributed by atoms with E-state index in [0.717, 1.165) is 0 Å². The molecule has 4 atom stereocenters. The topological polar surface area (TPSA) is 93.1 Å². The van der Waals surface area contributed by atoms with Gasteiger partial charge in [0.15, 0.2) is 6.04 Å². The van der Waals surface area contributed by atoms with Crippen molar-refractivity contribution in [3.05, 3.63) is 0 Å². The van der Waals surface area contributed by atoms with Gasteiger partial charge in [0.1, 0.15) is 0 Å². The van der Waals surface area contributed by atoms with Crippen molar-refractivity contribution in [1.82, 2.24) is 4.90 Å². The van der Waals surface area contributed by atoms with Gasteiger partial charge in [-0.1, -0.05) is 6.92 Å². The average Bonchev–Trinajstić information content (AvgIpc) is 2.88. The van der Waals surface area contributed by atoms with E-state index in [2.05, 4.69) is 0 Å². The van der Waals surface area contributed by atoms with Crippen LogP contribution in [0.25, 0.3) is 0 Å². The molecule has 1 heterocycles. The minimum Gasteiger partial charge on any atom is -0.481 e. The number of aliphatic carboxylic acids is 1. The Labute approximate surface area is 123 Å². The first kappa shape index (κ1) is 15.8. The van der Waals surface area contributed by atoms with Gasteiger partial charge >= 0.3 is 11.9 Å². The Hall–Kier alpha value is -1.63. The summed E-state index contributed by atoms with van der Waals surface area (Å²) in [5.41, 5.74) is 0. The third-order valence-electron chi connectivity index (χ3n) is 4.32. The van der Waals surface area contributed by atoms with Gasteiger partial charge in [-0.2, -0.15) is 0 Å². The van der Waals surface area contributed by atoms with Crippen LogP contribution in [-0.2, 0) is 23.9 Å². The fourth-order valence-corrected chi connectivity index (χ4v) is 3.25. The highest BCUT2D eigenvalue weighted by molar-refractivity contribution is 5.89. The zero-order chi connectivity index (χ0) is 15.6. The van der Waals surface area contributed by atoms with Crippen molar-refractivity contribution in [3.8, 4) is 0 Å². The first-order valence-corrected chi connectivity index (χ1v) is 7.14. The quantitative estimate of drug-likeness (QED) is 0.745. The lowest BCUT2D eigenvalue weighted by molar-refractivity contribution is -0.164. The number of rotatable bonds is 3. The predicted molar refractivity (Wildman–Crippen MR) is 71.3 cm³/mol. The van der Waals surface area contributed by atoms with Gasteiger partial charge in [0.25, 0.3) is 0 Å². The molecule has 1 aliphatic heterocycles. The molecule has 118 valence electrons. The van der Waals surface area contributed by atoms with Gasteiger partial charge in [-0.3, -0.25) is 9.59 Å². The molecular weight excluding hydrogens is 278 g/mol. The molecule has 2 aliphatic rings. The molecule has 21 heavy (non-hydrogen) atoms. The molecule has 0 aromatic rings. The molecule has 1 saturated heterocycles. The van der Waals surface area contributed by atoms with Crippen LogP contribution in [0.5, 0.6) is 0 Å². The van der Waals surface area contributed by atoms with Crippen LogP contribution in [-0.4, -0.2) is 60.8 Å². The molecule has 7 nitrogen and oxygen atoms in total. The van der Waals surface area contributed by atoms with Crippen molar-refractivity contribution in [2.75, 3.05) is 26.9 Å². The molecule has 7 heteroatoms. The zero-order valence-corrected chi connectivity index (χ0v) is 12.3. The summed E-state index contributed by atoms with van der Waals surface area (Å²) in [5.74, 6) is -2.79. The molecule has 2 rings (SSSR count). The summed E-state index contributed by atoms with van der Waals surface area (Å²) in [4.78, 5) is 37.2. The largest absolute Gasteiger partial charge is 0.481 e. The van der Waals surface area contributed by atoms with Gasteiger partial charge < -0.3 is 19.5 Å². The van der Waals surface area contributed by atoms with Crippen LogP contribution in [0.1, 0.15) is 19.8 Å². The molecule has 0 radical (unpaired) electrons. The van der Waals surface area contributed by atoms with Gasteiger partial charge in [-0.25, -0.2) is 4.79 Å². The second-order valence-electron chi connectivity index (χ2n) is 5.77. The lowest BCUT2D eigenvalue weighted by Gasteiger charge is -2.36. The van der Waals surface area contributed by atoms with Gasteiger partial charge in [0, 0.05) is 6.54 Å². The second kappa shape index (κ2) is 6.43. The van der Waals surface area contributed by atoms with Crippen molar-refractivity contribution in [3.63, 3.8) is 0 Å². The molecule has 0 spiro atoms. The number of hydrogen-bond acceptors (Lipinski definition) is 5. The van der Waals surface area contributed by atoms with Crippen molar-refractivity contribution >= 4 is 17.8 Å². The maximum Gasteiger partial charge on any atom is 0.331 e. The average molecular weight is 299 g/mol. The molecule has 0 bridgehead atoms. The molecule has 0 aromatic carbocycles. The van der Waals surface area contributed by atoms with E-state index in [1.54, 1.807) is 0 Å². The van der Waals surface area contributed by atoms with Crippen LogP contribution in [0.2, 0.25) is 0 Å². The normalized spacial score (nSPS) is 32.8. The molecular formula is C14H21NO6. The minimum atomic E-state index is -0.944. The first-order chi connectivity index (χ1) is 9.95. The second-order valence-corrected chi connectivity index (χ2v) is 5.77. The van der Waals surface area contributed by atoms with Gasteiger partial charge in [0.2, 0.25) is 5.91 Å². The Balaban J connectivity index is 2.16. The number of hydrogen-bond donors (Lipinski definition) is 1. The SMILES string of the molecule is COC(=O)C1COCCN1C(=O)C1CC(C)CC1C(=O)O. The molecule has 1 aliphatic carbocycles. The predicted octanol–water partition coefficient (Wildman–Crippen LogP) is 0.134. The smallest absolute Gasteiger partial charge is 0.331 e. The van der Waals surface area contributed by atoms with Crippen LogP contribution in [0.15, 0.2) is 0 Å². The summed E-state index contributed by atoms with van der Waals surface area (Å²) in [6.07, 6.45) is 1.04. The van der Waals surface area contributed by atoms with E-state index >= 15 is 0 Å². The fraction of sp³-hybridized carbons (Fsp3) is 0.786. The van der Waals surface area contributed by atoms with Crippen molar-refractivity contribution < 1.29 is 29.0 Å². The molecule has 4 unspecified atom stereocenters. The van der Waals surface area contributed by atoms with E-state index in [-0.39, 0.29) is 25.0 Å². The number of nitrogens with zero attached hydrogens (tertiary/aromatic N) is 1.